The highest BCUT2D eigenvalue weighted by Gasteiger charge is 2.03. The summed E-state index contributed by atoms with van der Waals surface area (Å²) in [4.78, 5) is 15.5. The molecule has 0 fully saturated rings. The number of carbonyl (C=O) groups is 1. The molecule has 0 aliphatic rings. The van der Waals surface area contributed by atoms with E-state index in [0.717, 1.165) is 12.1 Å². The molecule has 3 heteroatoms. The SMILES string of the molecule is O=C(OC=Nc1ccccc1)c1ccccc1. The molecule has 0 aliphatic carbocycles. The maximum absolute atomic E-state index is 11.5. The zero-order valence-electron chi connectivity index (χ0n) is 9.11. The predicted octanol–water partition coefficient (Wildman–Crippen LogP) is 3.20. The lowest BCUT2D eigenvalue weighted by atomic mass is 10.2. The average molecular weight is 225 g/mol. The van der Waals surface area contributed by atoms with E-state index in [2.05, 4.69) is 4.99 Å². The zero-order chi connectivity index (χ0) is 11.9. The van der Waals surface area contributed by atoms with Crippen molar-refractivity contribution in [1.29, 1.82) is 0 Å². The summed E-state index contributed by atoms with van der Waals surface area (Å²) in [5.41, 5.74) is 1.25. The number of ether oxygens (including phenoxy) is 1. The van der Waals surface area contributed by atoms with Crippen LogP contribution in [0.2, 0.25) is 0 Å². The lowest BCUT2D eigenvalue weighted by molar-refractivity contribution is 0.0728. The second-order valence-corrected chi connectivity index (χ2v) is 3.34. The first kappa shape index (κ1) is 11.1. The predicted molar refractivity (Wildman–Crippen MR) is 66.5 cm³/mol. The molecule has 0 saturated carbocycles. The van der Waals surface area contributed by atoms with Crippen LogP contribution >= 0.6 is 0 Å². The van der Waals surface area contributed by atoms with Crippen LogP contribution in [0.5, 0.6) is 0 Å². The molecule has 84 valence electrons. The van der Waals surface area contributed by atoms with Crippen LogP contribution in [0, 0.1) is 0 Å². The fourth-order valence-corrected chi connectivity index (χ4v) is 1.29. The monoisotopic (exact) mass is 225 g/mol. The molecule has 0 spiro atoms. The molecule has 0 N–H and O–H groups in total. The highest BCUT2D eigenvalue weighted by molar-refractivity contribution is 5.93. The first-order valence-corrected chi connectivity index (χ1v) is 5.20. The van der Waals surface area contributed by atoms with Crippen LogP contribution in [0.25, 0.3) is 0 Å². The van der Waals surface area contributed by atoms with E-state index in [1.807, 2.05) is 36.4 Å². The summed E-state index contributed by atoms with van der Waals surface area (Å²) in [6.07, 6.45) is 1.16. The van der Waals surface area contributed by atoms with Gasteiger partial charge in [0.2, 0.25) is 0 Å². The zero-order valence-corrected chi connectivity index (χ0v) is 9.11. The summed E-state index contributed by atoms with van der Waals surface area (Å²) in [6.45, 7) is 0. The highest BCUT2D eigenvalue weighted by atomic mass is 16.5. The van der Waals surface area contributed by atoms with Gasteiger partial charge in [-0.2, -0.15) is 0 Å². The van der Waals surface area contributed by atoms with Gasteiger partial charge < -0.3 is 4.74 Å². The maximum atomic E-state index is 11.5. The van der Waals surface area contributed by atoms with Gasteiger partial charge in [-0.1, -0.05) is 36.4 Å². The third kappa shape index (κ3) is 3.28. The number of para-hydroxylation sites is 1. The largest absolute Gasteiger partial charge is 0.411 e. The Labute approximate surface area is 99.4 Å². The second-order valence-electron chi connectivity index (χ2n) is 3.34. The van der Waals surface area contributed by atoms with Crippen LogP contribution in [-0.2, 0) is 4.74 Å². The normalized spacial score (nSPS) is 10.4. The summed E-state index contributed by atoms with van der Waals surface area (Å²) >= 11 is 0. The van der Waals surface area contributed by atoms with Crippen molar-refractivity contribution in [3.63, 3.8) is 0 Å². The van der Waals surface area contributed by atoms with E-state index in [9.17, 15) is 4.79 Å². The Balaban J connectivity index is 1.95. The fourth-order valence-electron chi connectivity index (χ4n) is 1.29. The minimum absolute atomic E-state index is 0.412. The molecule has 2 aromatic rings. The third-order valence-electron chi connectivity index (χ3n) is 2.13. The van der Waals surface area contributed by atoms with Crippen LogP contribution in [0.3, 0.4) is 0 Å². The summed E-state index contributed by atoms with van der Waals surface area (Å²) in [7, 11) is 0. The lowest BCUT2D eigenvalue weighted by Crippen LogP contribution is -2.02. The number of rotatable bonds is 3. The molecule has 0 radical (unpaired) electrons. The Kier molecular flexibility index (Phi) is 3.65. The van der Waals surface area contributed by atoms with Crippen LogP contribution in [0.4, 0.5) is 5.69 Å². The van der Waals surface area contributed by atoms with Crippen LogP contribution in [0.1, 0.15) is 10.4 Å². The van der Waals surface area contributed by atoms with Gasteiger partial charge in [0.25, 0.3) is 0 Å². The van der Waals surface area contributed by atoms with Gasteiger partial charge in [0.1, 0.15) is 0 Å². The summed E-state index contributed by atoms with van der Waals surface area (Å²) in [5, 5.41) is 0. The molecule has 0 amide bonds. The summed E-state index contributed by atoms with van der Waals surface area (Å²) in [6, 6.07) is 18.1. The smallest absolute Gasteiger partial charge is 0.344 e. The van der Waals surface area contributed by atoms with E-state index in [-0.39, 0.29) is 0 Å². The maximum Gasteiger partial charge on any atom is 0.344 e. The van der Waals surface area contributed by atoms with Gasteiger partial charge in [-0.15, -0.1) is 0 Å². The molecule has 0 aromatic heterocycles. The number of nitrogens with zero attached hydrogens (tertiary/aromatic N) is 1. The minimum Gasteiger partial charge on any atom is -0.411 e. The lowest BCUT2D eigenvalue weighted by Gasteiger charge is -1.97. The van der Waals surface area contributed by atoms with Gasteiger partial charge in [0, 0.05) is 0 Å². The van der Waals surface area contributed by atoms with Gasteiger partial charge in [-0.05, 0) is 24.3 Å². The molecule has 0 atom stereocenters. The number of hydrogen-bond donors (Lipinski definition) is 0. The van der Waals surface area contributed by atoms with E-state index >= 15 is 0 Å². The number of benzene rings is 2. The van der Waals surface area contributed by atoms with Gasteiger partial charge in [-0.3, -0.25) is 0 Å². The molecule has 3 nitrogen and oxygen atoms in total. The Morgan fingerprint density at radius 1 is 0.941 bits per heavy atom. The Morgan fingerprint density at radius 2 is 1.53 bits per heavy atom. The molecular formula is C14H11NO2. The van der Waals surface area contributed by atoms with Crippen molar-refractivity contribution in [2.45, 2.75) is 0 Å². The van der Waals surface area contributed by atoms with Crippen molar-refractivity contribution in [1.82, 2.24) is 0 Å². The molecule has 0 bridgehead atoms. The molecule has 0 heterocycles. The Bertz CT molecular complexity index is 506. The van der Waals surface area contributed by atoms with Crippen molar-refractivity contribution >= 4 is 18.1 Å². The van der Waals surface area contributed by atoms with Crippen molar-refractivity contribution in [3.05, 3.63) is 66.2 Å². The minimum atomic E-state index is -0.412. The average Bonchev–Trinajstić information content (AvgIpc) is 2.41. The van der Waals surface area contributed by atoms with E-state index in [0.29, 0.717) is 5.56 Å². The van der Waals surface area contributed by atoms with Crippen molar-refractivity contribution in [3.8, 4) is 0 Å². The van der Waals surface area contributed by atoms with Gasteiger partial charge >= 0.3 is 5.97 Å². The fraction of sp³-hybridized carbons (Fsp3) is 0. The Morgan fingerprint density at radius 3 is 2.18 bits per heavy atom. The number of hydrogen-bond acceptors (Lipinski definition) is 3. The molecular weight excluding hydrogens is 214 g/mol. The quantitative estimate of drug-likeness (QED) is 0.457. The number of esters is 1. The second kappa shape index (κ2) is 5.61. The number of carbonyl (C=O) groups excluding carboxylic acids is 1. The van der Waals surface area contributed by atoms with E-state index in [4.69, 9.17) is 4.74 Å². The summed E-state index contributed by atoms with van der Waals surface area (Å²) < 4.78 is 4.90. The van der Waals surface area contributed by atoms with Gasteiger partial charge in [0.15, 0.2) is 6.40 Å². The topological polar surface area (TPSA) is 38.7 Å². The van der Waals surface area contributed by atoms with Crippen LogP contribution < -0.4 is 0 Å². The third-order valence-corrected chi connectivity index (χ3v) is 2.13. The number of aliphatic imine (C=N–C) groups is 1. The Hall–Kier alpha value is -2.42. The molecule has 17 heavy (non-hydrogen) atoms. The van der Waals surface area contributed by atoms with E-state index < -0.39 is 5.97 Å². The van der Waals surface area contributed by atoms with Crippen molar-refractivity contribution in [2.75, 3.05) is 0 Å². The molecule has 0 aliphatic heterocycles. The van der Waals surface area contributed by atoms with E-state index in [1.165, 1.54) is 0 Å². The van der Waals surface area contributed by atoms with Crippen molar-refractivity contribution < 1.29 is 9.53 Å². The van der Waals surface area contributed by atoms with Crippen molar-refractivity contribution in [2.24, 2.45) is 4.99 Å². The molecule has 2 aromatic carbocycles. The highest BCUT2D eigenvalue weighted by Crippen LogP contribution is 2.08. The molecule has 0 unspecified atom stereocenters. The van der Waals surface area contributed by atoms with Gasteiger partial charge in [-0.25, -0.2) is 9.79 Å². The molecule has 0 saturated heterocycles. The van der Waals surface area contributed by atoms with Gasteiger partial charge in [0.05, 0.1) is 11.3 Å². The first-order chi connectivity index (χ1) is 8.36. The summed E-state index contributed by atoms with van der Waals surface area (Å²) in [5.74, 6) is -0.412. The first-order valence-electron chi connectivity index (χ1n) is 5.20. The van der Waals surface area contributed by atoms with Crippen LogP contribution in [0.15, 0.2) is 65.7 Å². The van der Waals surface area contributed by atoms with Crippen LogP contribution in [-0.4, -0.2) is 12.4 Å². The standard InChI is InChI=1S/C14H11NO2/c16-14(12-7-3-1-4-8-12)17-11-15-13-9-5-2-6-10-13/h1-11H. The molecule has 2 rings (SSSR count). The van der Waals surface area contributed by atoms with E-state index in [1.54, 1.807) is 24.3 Å².